The van der Waals surface area contributed by atoms with E-state index in [0.29, 0.717) is 34.2 Å². The number of likely N-dealkylation sites (N-methyl/N-ethyl adjacent to an activating group) is 1. The van der Waals surface area contributed by atoms with E-state index in [9.17, 15) is 23.1 Å². The van der Waals surface area contributed by atoms with E-state index in [4.69, 9.17) is 14.2 Å². The summed E-state index contributed by atoms with van der Waals surface area (Å²) in [5, 5.41) is 15.5. The molecule has 3 atom stereocenters. The van der Waals surface area contributed by atoms with E-state index in [2.05, 4.69) is 10.6 Å². The average molecular weight is 639 g/mol. The minimum Gasteiger partial charge on any atom is -0.488 e. The van der Waals surface area contributed by atoms with E-state index in [1.807, 2.05) is 13.8 Å². The number of benzene rings is 3. The highest BCUT2D eigenvalue weighted by atomic mass is 32.2. The zero-order valence-corrected chi connectivity index (χ0v) is 26.5. The second-order valence-corrected chi connectivity index (χ2v) is 13.5. The molecule has 45 heavy (non-hydrogen) atoms. The van der Waals surface area contributed by atoms with E-state index in [1.54, 1.807) is 72.5 Å². The lowest BCUT2D eigenvalue weighted by Gasteiger charge is -2.33. The van der Waals surface area contributed by atoms with Gasteiger partial charge in [0.15, 0.2) is 11.5 Å². The quantitative estimate of drug-likeness (QED) is 0.337. The molecule has 2 aliphatic rings. The van der Waals surface area contributed by atoms with Gasteiger partial charge in [-0.3, -0.25) is 4.79 Å². The number of carbonyl (C=O) groups is 2. The number of amides is 3. The number of carbonyl (C=O) groups excluding carboxylic acids is 2. The monoisotopic (exact) mass is 638 g/mol. The molecule has 13 heteroatoms. The lowest BCUT2D eigenvalue weighted by Crippen LogP contribution is -2.48. The third-order valence-electron chi connectivity index (χ3n) is 7.97. The van der Waals surface area contributed by atoms with E-state index in [0.717, 1.165) is 5.56 Å². The van der Waals surface area contributed by atoms with Gasteiger partial charge >= 0.3 is 6.03 Å². The Morgan fingerprint density at radius 3 is 2.36 bits per heavy atom. The molecule has 2 heterocycles. The number of aliphatic hydroxyl groups excluding tert-OH is 1. The van der Waals surface area contributed by atoms with Gasteiger partial charge in [-0.05, 0) is 56.3 Å². The van der Waals surface area contributed by atoms with Crippen LogP contribution in [0.25, 0.3) is 0 Å². The lowest BCUT2D eigenvalue weighted by atomic mass is 10.0. The van der Waals surface area contributed by atoms with Crippen molar-refractivity contribution >= 4 is 33.3 Å². The number of hydrogen-bond acceptors (Lipinski definition) is 8. The van der Waals surface area contributed by atoms with Gasteiger partial charge in [-0.2, -0.15) is 4.31 Å². The highest BCUT2D eigenvalue weighted by Gasteiger charge is 2.33. The summed E-state index contributed by atoms with van der Waals surface area (Å²) >= 11 is 0. The third-order valence-corrected chi connectivity index (χ3v) is 9.81. The molecule has 3 aromatic rings. The van der Waals surface area contributed by atoms with Crippen LogP contribution in [0.5, 0.6) is 17.2 Å². The molecule has 0 aromatic heterocycles. The minimum atomic E-state index is -3.82. The van der Waals surface area contributed by atoms with Gasteiger partial charge in [-0.25, -0.2) is 13.2 Å². The number of anilines is 2. The summed E-state index contributed by atoms with van der Waals surface area (Å²) in [5.74, 6) is 1.01. The Morgan fingerprint density at radius 1 is 1.02 bits per heavy atom. The summed E-state index contributed by atoms with van der Waals surface area (Å²) in [7, 11) is -2.31. The summed E-state index contributed by atoms with van der Waals surface area (Å²) in [6, 6.07) is 15.7. The zero-order valence-electron chi connectivity index (χ0n) is 25.6. The van der Waals surface area contributed by atoms with Crippen LogP contribution in [0.4, 0.5) is 16.2 Å². The van der Waals surface area contributed by atoms with Crippen molar-refractivity contribution in [3.05, 3.63) is 71.8 Å². The van der Waals surface area contributed by atoms with Gasteiger partial charge in [-0.1, -0.05) is 24.6 Å². The van der Waals surface area contributed by atoms with E-state index < -0.39 is 28.2 Å². The van der Waals surface area contributed by atoms with Gasteiger partial charge in [0.2, 0.25) is 22.7 Å². The Bertz CT molecular complexity index is 1660. The summed E-state index contributed by atoms with van der Waals surface area (Å²) in [4.78, 5) is 28.1. The molecule has 3 N–H and O–H groups in total. The number of sulfonamides is 1. The molecule has 0 spiro atoms. The molecule has 0 radical (unpaired) electrons. The highest BCUT2D eigenvalue weighted by Crippen LogP contribution is 2.34. The summed E-state index contributed by atoms with van der Waals surface area (Å²) in [5.41, 5.74) is 2.39. The van der Waals surface area contributed by atoms with Crippen molar-refractivity contribution in [3.63, 3.8) is 0 Å². The lowest BCUT2D eigenvalue weighted by molar-refractivity contribution is -0.134. The molecule has 0 saturated carbocycles. The fourth-order valence-corrected chi connectivity index (χ4v) is 6.42. The molecule has 3 aromatic carbocycles. The zero-order chi connectivity index (χ0) is 32.3. The normalized spacial score (nSPS) is 18.7. The number of rotatable bonds is 8. The van der Waals surface area contributed by atoms with Crippen molar-refractivity contribution in [1.29, 1.82) is 0 Å². The topological polar surface area (TPSA) is 147 Å². The number of fused-ring (bicyclic) bond motifs is 2. The first-order chi connectivity index (χ1) is 21.4. The molecule has 5 rings (SSSR count). The highest BCUT2D eigenvalue weighted by molar-refractivity contribution is 7.89. The number of aryl methyl sites for hydroxylation is 1. The van der Waals surface area contributed by atoms with Crippen molar-refractivity contribution in [2.24, 2.45) is 5.92 Å². The third kappa shape index (κ3) is 7.32. The average Bonchev–Trinajstić information content (AvgIpc) is 3.49. The molecule has 0 bridgehead atoms. The van der Waals surface area contributed by atoms with Crippen LogP contribution in [0.3, 0.4) is 0 Å². The number of urea groups is 1. The van der Waals surface area contributed by atoms with Crippen molar-refractivity contribution in [1.82, 2.24) is 9.21 Å². The van der Waals surface area contributed by atoms with Crippen LogP contribution in [0, 0.1) is 12.8 Å². The fraction of sp³-hybridized carbons (Fsp3) is 0.375. The standard InChI is InChI=1S/C32H38N4O8S/c1-20-5-9-26(10-6-20)45(40,41)35(4)17-30-21(2)16-36(22(3)18-37)31(38)14-23-13-24(7-11-27(23)44-30)33-32(39)34-25-8-12-28-29(15-25)43-19-42-28/h5-13,15,21-22,30,37H,14,16-19H2,1-4H3,(H2,33,34,39)/t21-,22+,30+/m0/s1. The molecule has 0 fully saturated rings. The SMILES string of the molecule is Cc1ccc(S(=O)(=O)N(C)C[C@H]2Oc3ccc(NC(=O)Nc4ccc5c(c4)OCO5)cc3CC(=O)N([C@H](C)CO)C[C@@H]2C)cc1. The first-order valence-electron chi connectivity index (χ1n) is 14.6. The molecule has 2 aliphatic heterocycles. The molecular weight excluding hydrogens is 600 g/mol. The predicted octanol–water partition coefficient (Wildman–Crippen LogP) is 3.84. The van der Waals surface area contributed by atoms with Crippen molar-refractivity contribution in [2.75, 3.05) is 44.2 Å². The molecule has 0 aliphatic carbocycles. The maximum Gasteiger partial charge on any atom is 0.323 e. The Balaban J connectivity index is 1.38. The van der Waals surface area contributed by atoms with Crippen LogP contribution in [-0.4, -0.2) is 80.4 Å². The van der Waals surface area contributed by atoms with Crippen molar-refractivity contribution in [2.45, 2.75) is 44.2 Å². The molecular formula is C32H38N4O8S. The second kappa shape index (κ2) is 13.3. The van der Waals surface area contributed by atoms with Gasteiger partial charge in [0.25, 0.3) is 0 Å². The maximum absolute atomic E-state index is 13.5. The van der Waals surface area contributed by atoms with Crippen LogP contribution in [0.15, 0.2) is 65.6 Å². The Labute approximate surface area is 262 Å². The van der Waals surface area contributed by atoms with Gasteiger partial charge in [0, 0.05) is 42.5 Å². The first-order valence-corrected chi connectivity index (χ1v) is 16.1. The van der Waals surface area contributed by atoms with E-state index >= 15 is 0 Å². The number of nitrogens with one attached hydrogen (secondary N) is 2. The summed E-state index contributed by atoms with van der Waals surface area (Å²) in [6.07, 6.45) is -0.683. The largest absolute Gasteiger partial charge is 0.488 e. The minimum absolute atomic E-state index is 0.0181. The summed E-state index contributed by atoms with van der Waals surface area (Å²) < 4.78 is 45.2. The fourth-order valence-electron chi connectivity index (χ4n) is 5.23. The van der Waals surface area contributed by atoms with Crippen LogP contribution in [0.2, 0.25) is 0 Å². The number of ether oxygens (including phenoxy) is 3. The summed E-state index contributed by atoms with van der Waals surface area (Å²) in [6.45, 7) is 5.69. The first kappa shape index (κ1) is 32.1. The van der Waals surface area contributed by atoms with Crippen molar-refractivity contribution in [3.8, 4) is 17.2 Å². The van der Waals surface area contributed by atoms with Crippen LogP contribution < -0.4 is 24.8 Å². The molecule has 0 saturated heterocycles. The van der Waals surface area contributed by atoms with Crippen LogP contribution in [0.1, 0.15) is 25.0 Å². The molecule has 3 amide bonds. The molecule has 0 unspecified atom stereocenters. The van der Waals surface area contributed by atoms with Crippen LogP contribution >= 0.6 is 0 Å². The van der Waals surface area contributed by atoms with Crippen LogP contribution in [-0.2, 0) is 21.2 Å². The maximum atomic E-state index is 13.5. The number of nitrogens with zero attached hydrogens (tertiary/aromatic N) is 2. The van der Waals surface area contributed by atoms with Crippen molar-refractivity contribution < 1.29 is 37.3 Å². The van der Waals surface area contributed by atoms with E-state index in [1.165, 1.54) is 11.4 Å². The van der Waals surface area contributed by atoms with Gasteiger partial charge in [0.05, 0.1) is 30.5 Å². The Morgan fingerprint density at radius 2 is 1.67 bits per heavy atom. The number of aliphatic hydroxyl groups is 1. The second-order valence-electron chi connectivity index (χ2n) is 11.5. The number of hydrogen-bond donors (Lipinski definition) is 3. The molecule has 12 nitrogen and oxygen atoms in total. The Hall–Kier alpha value is -4.33. The predicted molar refractivity (Wildman–Crippen MR) is 168 cm³/mol. The Kier molecular flexibility index (Phi) is 9.51. The van der Waals surface area contributed by atoms with Gasteiger partial charge in [0.1, 0.15) is 11.9 Å². The smallest absolute Gasteiger partial charge is 0.323 e. The van der Waals surface area contributed by atoms with E-state index in [-0.39, 0.29) is 49.6 Å². The van der Waals surface area contributed by atoms with Gasteiger partial charge < -0.3 is 34.9 Å². The van der Waals surface area contributed by atoms with Gasteiger partial charge in [-0.15, -0.1) is 0 Å². The molecule has 240 valence electrons.